The topological polar surface area (TPSA) is 36.9 Å². The van der Waals surface area contributed by atoms with Gasteiger partial charge in [-0.1, -0.05) is 92.4 Å². The van der Waals surface area contributed by atoms with Crippen LogP contribution >= 0.6 is 0 Å². The minimum atomic E-state index is -0.890. The molecule has 4 heteroatoms. The third-order valence-electron chi connectivity index (χ3n) is 6.80. The van der Waals surface area contributed by atoms with Crippen molar-refractivity contribution in [3.8, 4) is 17.2 Å². The smallest absolute Gasteiger partial charge is 0.144 e. The fourth-order valence-electron chi connectivity index (χ4n) is 4.71. The van der Waals surface area contributed by atoms with Crippen molar-refractivity contribution in [3.63, 3.8) is 0 Å². The van der Waals surface area contributed by atoms with E-state index >= 15 is 0 Å². The molecule has 0 radical (unpaired) electrons. The van der Waals surface area contributed by atoms with Crippen molar-refractivity contribution in [3.05, 3.63) is 144 Å². The molecule has 39 heavy (non-hydrogen) atoms. The van der Waals surface area contributed by atoms with Gasteiger partial charge in [0.25, 0.3) is 0 Å². The highest BCUT2D eigenvalue weighted by Crippen LogP contribution is 2.42. The Morgan fingerprint density at radius 3 is 1.79 bits per heavy atom. The molecule has 0 bridgehead atoms. The molecule has 0 aromatic heterocycles. The van der Waals surface area contributed by atoms with Gasteiger partial charge < -0.3 is 18.9 Å². The van der Waals surface area contributed by atoms with Crippen molar-refractivity contribution >= 4 is 5.57 Å². The molecule has 200 valence electrons. The molecule has 4 rings (SSSR count). The lowest BCUT2D eigenvalue weighted by Crippen LogP contribution is -2.32. The predicted molar refractivity (Wildman–Crippen MR) is 159 cm³/mol. The van der Waals surface area contributed by atoms with E-state index < -0.39 is 5.60 Å². The summed E-state index contributed by atoms with van der Waals surface area (Å²) >= 11 is 0. The highest BCUT2D eigenvalue weighted by Gasteiger charge is 2.38. The van der Waals surface area contributed by atoms with Gasteiger partial charge in [0, 0.05) is 5.56 Å². The quantitative estimate of drug-likeness (QED) is 0.139. The Hall–Kier alpha value is -4.28. The minimum absolute atomic E-state index is 0.348. The Bertz CT molecular complexity index is 1340. The van der Waals surface area contributed by atoms with E-state index in [1.54, 1.807) is 21.3 Å². The summed E-state index contributed by atoms with van der Waals surface area (Å²) in [7, 11) is 5.02. The molecule has 0 N–H and O–H groups in total. The van der Waals surface area contributed by atoms with Gasteiger partial charge in [0.15, 0.2) is 0 Å². The van der Waals surface area contributed by atoms with Gasteiger partial charge in [-0.3, -0.25) is 0 Å². The van der Waals surface area contributed by atoms with Gasteiger partial charge in [-0.2, -0.15) is 0 Å². The van der Waals surface area contributed by atoms with Crippen LogP contribution in [-0.4, -0.2) is 21.3 Å². The normalized spacial score (nSPS) is 11.4. The van der Waals surface area contributed by atoms with Crippen LogP contribution in [0.1, 0.15) is 41.2 Å². The highest BCUT2D eigenvalue weighted by atomic mass is 16.5. The van der Waals surface area contributed by atoms with Crippen LogP contribution in [0.5, 0.6) is 17.2 Å². The lowest BCUT2D eigenvalue weighted by Gasteiger charge is -2.36. The summed E-state index contributed by atoms with van der Waals surface area (Å²) < 4.78 is 23.7. The van der Waals surface area contributed by atoms with Gasteiger partial charge >= 0.3 is 0 Å². The molecule has 0 unspecified atom stereocenters. The lowest BCUT2D eigenvalue weighted by atomic mass is 9.80. The number of hydrogen-bond donors (Lipinski definition) is 0. The zero-order valence-electron chi connectivity index (χ0n) is 23.1. The first-order valence-electron chi connectivity index (χ1n) is 13.1. The van der Waals surface area contributed by atoms with Crippen molar-refractivity contribution in [2.75, 3.05) is 21.3 Å². The molecule has 0 aliphatic heterocycles. The summed E-state index contributed by atoms with van der Waals surface area (Å²) in [6.07, 6.45) is 5.07. The van der Waals surface area contributed by atoms with Gasteiger partial charge in [-0.25, -0.2) is 0 Å². The van der Waals surface area contributed by atoms with E-state index in [9.17, 15) is 0 Å². The second kappa shape index (κ2) is 13.0. The first kappa shape index (κ1) is 27.7. The summed E-state index contributed by atoms with van der Waals surface area (Å²) in [4.78, 5) is 0. The van der Waals surface area contributed by atoms with Crippen molar-refractivity contribution in [2.24, 2.45) is 0 Å². The third-order valence-corrected chi connectivity index (χ3v) is 6.80. The van der Waals surface area contributed by atoms with Crippen LogP contribution in [0.15, 0.2) is 116 Å². The third kappa shape index (κ3) is 6.08. The molecule has 0 aliphatic carbocycles. The standard InChI is InChI=1S/C35H36O4/c1-6-7-11-26(2)33-23-14-27(24-34(33)38-5)25-39-35(28-12-9-8-10-13-28,29-15-19-31(36-3)20-16-29)30-17-21-32(37-4)22-18-30/h7-24H,2,6,25H2,1,3-5H3/b11-7-. The molecule has 4 aromatic rings. The van der Waals surface area contributed by atoms with Crippen molar-refractivity contribution < 1.29 is 18.9 Å². The van der Waals surface area contributed by atoms with Crippen molar-refractivity contribution in [1.82, 2.24) is 0 Å². The molecule has 0 saturated carbocycles. The van der Waals surface area contributed by atoms with Crippen LogP contribution in [0.2, 0.25) is 0 Å². The summed E-state index contributed by atoms with van der Waals surface area (Å²) in [5.74, 6) is 2.34. The number of hydrogen-bond acceptors (Lipinski definition) is 4. The van der Waals surface area contributed by atoms with Gasteiger partial charge in [0.2, 0.25) is 0 Å². The Morgan fingerprint density at radius 1 is 0.718 bits per heavy atom. The second-order valence-electron chi connectivity index (χ2n) is 9.16. The van der Waals surface area contributed by atoms with E-state index in [0.29, 0.717) is 6.61 Å². The zero-order chi connectivity index (χ0) is 27.7. The molecule has 0 saturated heterocycles. The van der Waals surface area contributed by atoms with E-state index in [0.717, 1.165) is 57.1 Å². The van der Waals surface area contributed by atoms with Crippen LogP contribution in [0.4, 0.5) is 0 Å². The Kier molecular flexibility index (Phi) is 9.24. The van der Waals surface area contributed by atoms with Crippen LogP contribution < -0.4 is 14.2 Å². The molecule has 0 aliphatic rings. The Morgan fingerprint density at radius 2 is 1.28 bits per heavy atom. The average molecular weight is 521 g/mol. The maximum atomic E-state index is 7.01. The van der Waals surface area contributed by atoms with E-state index in [2.05, 4.69) is 62.0 Å². The summed E-state index contributed by atoms with van der Waals surface area (Å²) in [6, 6.07) is 32.5. The van der Waals surface area contributed by atoms with Crippen molar-refractivity contribution in [2.45, 2.75) is 25.6 Å². The molecule has 0 spiro atoms. The van der Waals surface area contributed by atoms with Crippen LogP contribution in [0.3, 0.4) is 0 Å². The maximum absolute atomic E-state index is 7.01. The monoisotopic (exact) mass is 520 g/mol. The molecule has 0 amide bonds. The molecule has 0 atom stereocenters. The zero-order valence-corrected chi connectivity index (χ0v) is 23.1. The fourth-order valence-corrected chi connectivity index (χ4v) is 4.71. The van der Waals surface area contributed by atoms with E-state index in [1.807, 2.05) is 60.7 Å². The molecule has 0 fully saturated rings. The molecule has 4 aromatic carbocycles. The number of methoxy groups -OCH3 is 3. The van der Waals surface area contributed by atoms with E-state index in [1.165, 1.54) is 0 Å². The first-order valence-corrected chi connectivity index (χ1v) is 13.1. The highest BCUT2D eigenvalue weighted by molar-refractivity contribution is 5.76. The maximum Gasteiger partial charge on any atom is 0.144 e. The average Bonchev–Trinajstić information content (AvgIpc) is 3.01. The number of ether oxygens (including phenoxy) is 4. The summed E-state index contributed by atoms with van der Waals surface area (Å²) in [6.45, 7) is 6.67. The molecule has 4 nitrogen and oxygen atoms in total. The molecule has 0 heterocycles. The summed E-state index contributed by atoms with van der Waals surface area (Å²) in [5.41, 5.74) is 4.97. The fraction of sp³-hybridized carbons (Fsp3) is 0.200. The lowest BCUT2D eigenvalue weighted by molar-refractivity contribution is 0.000126. The number of allylic oxidation sites excluding steroid dienone is 3. The Labute approximate surface area is 232 Å². The van der Waals surface area contributed by atoms with Crippen LogP contribution in [-0.2, 0) is 16.9 Å². The van der Waals surface area contributed by atoms with Gasteiger partial charge in [-0.05, 0) is 64.6 Å². The minimum Gasteiger partial charge on any atom is -0.497 e. The van der Waals surface area contributed by atoms with E-state index in [-0.39, 0.29) is 0 Å². The number of benzene rings is 4. The first-order chi connectivity index (χ1) is 19.0. The summed E-state index contributed by atoms with van der Waals surface area (Å²) in [5, 5.41) is 0. The largest absolute Gasteiger partial charge is 0.497 e. The number of rotatable bonds is 12. The Balaban J connectivity index is 1.81. The second-order valence-corrected chi connectivity index (χ2v) is 9.16. The van der Waals surface area contributed by atoms with E-state index in [4.69, 9.17) is 18.9 Å². The SMILES string of the molecule is C=C(/C=C\CC)c1ccc(COC(c2ccccc2)(c2ccc(OC)cc2)c2ccc(OC)cc2)cc1OC. The molecular weight excluding hydrogens is 484 g/mol. The van der Waals surface area contributed by atoms with Crippen molar-refractivity contribution in [1.29, 1.82) is 0 Å². The van der Waals surface area contributed by atoms with Crippen LogP contribution in [0, 0.1) is 0 Å². The molecular formula is C35H36O4. The predicted octanol–water partition coefficient (Wildman–Crippen LogP) is 8.20. The van der Waals surface area contributed by atoms with Gasteiger partial charge in [-0.15, -0.1) is 0 Å². The van der Waals surface area contributed by atoms with Gasteiger partial charge in [0.1, 0.15) is 22.8 Å². The van der Waals surface area contributed by atoms with Crippen LogP contribution in [0.25, 0.3) is 5.57 Å². The van der Waals surface area contributed by atoms with Gasteiger partial charge in [0.05, 0.1) is 27.9 Å².